The smallest absolute Gasteiger partial charge is 0.355 e. The fraction of sp³-hybridized carbons (Fsp3) is 0.542. The normalized spacial score (nSPS) is 17.3. The minimum atomic E-state index is -0.997. The number of aromatic carboxylic acids is 1. The maximum Gasteiger partial charge on any atom is 0.355 e. The molecule has 2 aliphatic rings. The lowest BCUT2D eigenvalue weighted by molar-refractivity contribution is -0.134. The van der Waals surface area contributed by atoms with Gasteiger partial charge in [0.15, 0.2) is 12.3 Å². The monoisotopic (exact) mass is 459 g/mol. The van der Waals surface area contributed by atoms with Crippen LogP contribution in [0.15, 0.2) is 35.7 Å². The number of para-hydroxylation sites is 1. The van der Waals surface area contributed by atoms with Gasteiger partial charge in [0.2, 0.25) is 0 Å². The van der Waals surface area contributed by atoms with Gasteiger partial charge in [-0.1, -0.05) is 37.5 Å². The molecule has 8 heteroatoms. The van der Waals surface area contributed by atoms with Crippen LogP contribution in [0.3, 0.4) is 0 Å². The van der Waals surface area contributed by atoms with Crippen molar-refractivity contribution in [3.63, 3.8) is 0 Å². The number of aromatic nitrogens is 1. The molecule has 1 aromatic heterocycles. The Hall–Kier alpha value is -2.45. The number of thiazole rings is 1. The third-order valence-corrected chi connectivity index (χ3v) is 7.06. The molecule has 2 fully saturated rings. The molecular formula is C24H33N3O4S. The van der Waals surface area contributed by atoms with E-state index in [1.807, 2.05) is 30.3 Å². The van der Waals surface area contributed by atoms with Crippen molar-refractivity contribution in [1.82, 2.24) is 15.2 Å². The van der Waals surface area contributed by atoms with E-state index in [-0.39, 0.29) is 24.1 Å². The van der Waals surface area contributed by atoms with Crippen LogP contribution in [0.25, 0.3) is 0 Å². The third kappa shape index (κ3) is 7.31. The molecule has 32 heavy (non-hydrogen) atoms. The Morgan fingerprint density at radius 1 is 1.12 bits per heavy atom. The highest BCUT2D eigenvalue weighted by Crippen LogP contribution is 2.30. The topological polar surface area (TPSA) is 91.8 Å². The molecule has 4 rings (SSSR count). The zero-order valence-electron chi connectivity index (χ0n) is 18.7. The Morgan fingerprint density at radius 2 is 1.81 bits per heavy atom. The van der Waals surface area contributed by atoms with Crippen molar-refractivity contribution in [2.24, 2.45) is 0 Å². The number of amides is 1. The highest BCUT2D eigenvalue weighted by Gasteiger charge is 2.26. The van der Waals surface area contributed by atoms with E-state index in [1.54, 1.807) is 10.3 Å². The molecule has 2 aromatic rings. The molecule has 0 atom stereocenters. The van der Waals surface area contributed by atoms with Crippen molar-refractivity contribution in [2.75, 3.05) is 26.7 Å². The quantitative estimate of drug-likeness (QED) is 0.674. The molecule has 2 N–H and O–H groups in total. The summed E-state index contributed by atoms with van der Waals surface area (Å²) in [7, 11) is 2.07. The summed E-state index contributed by atoms with van der Waals surface area (Å²) in [4.78, 5) is 29.1. The van der Waals surface area contributed by atoms with Crippen LogP contribution in [0.4, 0.5) is 0 Å². The average Bonchev–Trinajstić information content (AvgIpc) is 3.35. The molecule has 1 amide bonds. The molecule has 174 valence electrons. The summed E-state index contributed by atoms with van der Waals surface area (Å²) in [5.74, 6) is -0.113. The van der Waals surface area contributed by atoms with Crippen LogP contribution in [0, 0.1) is 0 Å². The molecule has 0 bridgehead atoms. The first-order valence-electron chi connectivity index (χ1n) is 11.4. The van der Waals surface area contributed by atoms with Gasteiger partial charge >= 0.3 is 5.97 Å². The summed E-state index contributed by atoms with van der Waals surface area (Å²) >= 11 is 1.38. The molecule has 1 aliphatic carbocycles. The molecule has 2 heterocycles. The number of rotatable bonds is 6. The molecule has 1 saturated carbocycles. The number of hydrogen-bond acceptors (Lipinski definition) is 6. The van der Waals surface area contributed by atoms with E-state index in [9.17, 15) is 9.59 Å². The van der Waals surface area contributed by atoms with Gasteiger partial charge in [0, 0.05) is 30.4 Å². The number of likely N-dealkylation sites (tertiary alicyclic amines) is 1. The molecule has 1 aliphatic heterocycles. The van der Waals surface area contributed by atoms with Crippen LogP contribution in [0.1, 0.15) is 66.4 Å². The van der Waals surface area contributed by atoms with Crippen molar-refractivity contribution in [3.8, 4) is 5.75 Å². The van der Waals surface area contributed by atoms with Crippen molar-refractivity contribution >= 4 is 23.2 Å². The second-order valence-corrected chi connectivity index (χ2v) is 9.15. The molecule has 1 saturated heterocycles. The Bertz CT molecular complexity index is 844. The predicted octanol–water partition coefficient (Wildman–Crippen LogP) is 4.16. The second kappa shape index (κ2) is 12.6. The van der Waals surface area contributed by atoms with Crippen LogP contribution in [-0.4, -0.2) is 59.7 Å². The van der Waals surface area contributed by atoms with Gasteiger partial charge in [0.1, 0.15) is 5.75 Å². The van der Waals surface area contributed by atoms with E-state index < -0.39 is 5.97 Å². The van der Waals surface area contributed by atoms with Crippen LogP contribution in [-0.2, 0) is 4.79 Å². The summed E-state index contributed by atoms with van der Waals surface area (Å²) in [5.41, 5.74) is 0.102. The fourth-order valence-electron chi connectivity index (χ4n) is 4.09. The summed E-state index contributed by atoms with van der Waals surface area (Å²) in [5, 5.41) is 14.7. The minimum absolute atomic E-state index is 0.0253. The lowest BCUT2D eigenvalue weighted by Crippen LogP contribution is -2.40. The van der Waals surface area contributed by atoms with Crippen molar-refractivity contribution in [1.29, 1.82) is 0 Å². The summed E-state index contributed by atoms with van der Waals surface area (Å²) in [6.07, 6.45) is 8.72. The largest absolute Gasteiger partial charge is 0.484 e. The van der Waals surface area contributed by atoms with Crippen LogP contribution in [0.2, 0.25) is 0 Å². The number of benzene rings is 1. The number of nitrogens with one attached hydrogen (secondary N) is 1. The summed E-state index contributed by atoms with van der Waals surface area (Å²) in [6.45, 7) is 1.32. The number of nitrogens with zero attached hydrogens (tertiary/aromatic N) is 2. The first-order chi connectivity index (χ1) is 15.6. The number of carboxylic acids is 1. The van der Waals surface area contributed by atoms with Gasteiger partial charge < -0.3 is 20.1 Å². The maximum atomic E-state index is 12.2. The predicted molar refractivity (Wildman–Crippen MR) is 125 cm³/mol. The lowest BCUT2D eigenvalue weighted by atomic mass is 9.96. The number of piperidine rings is 1. The van der Waals surface area contributed by atoms with Gasteiger partial charge in [0.05, 0.1) is 5.01 Å². The van der Waals surface area contributed by atoms with Gasteiger partial charge in [-0.2, -0.15) is 0 Å². The third-order valence-electron chi connectivity index (χ3n) is 6.06. The number of carboxylic acid groups (broad SMARTS) is 1. The van der Waals surface area contributed by atoms with Crippen molar-refractivity contribution < 1.29 is 19.4 Å². The fourth-order valence-corrected chi connectivity index (χ4v) is 5.06. The van der Waals surface area contributed by atoms with Gasteiger partial charge in [-0.3, -0.25) is 4.79 Å². The summed E-state index contributed by atoms with van der Waals surface area (Å²) < 4.78 is 5.50. The molecule has 0 spiro atoms. The van der Waals surface area contributed by atoms with E-state index in [4.69, 9.17) is 9.84 Å². The second-order valence-electron chi connectivity index (χ2n) is 8.26. The Labute approximate surface area is 193 Å². The minimum Gasteiger partial charge on any atom is -0.484 e. The number of carbonyl (C=O) groups excluding carboxylic acids is 1. The first kappa shape index (κ1) is 24.2. The van der Waals surface area contributed by atoms with Gasteiger partial charge in [-0.25, -0.2) is 9.78 Å². The average molecular weight is 460 g/mol. The zero-order chi connectivity index (χ0) is 22.8. The van der Waals surface area contributed by atoms with Crippen molar-refractivity contribution in [3.05, 3.63) is 46.4 Å². The Balaban J connectivity index is 0.000000305. The molecular weight excluding hydrogens is 426 g/mol. The Kier molecular flexibility index (Phi) is 9.49. The number of carbonyl (C=O) groups is 2. The van der Waals surface area contributed by atoms with E-state index in [2.05, 4.69) is 17.3 Å². The van der Waals surface area contributed by atoms with Crippen LogP contribution >= 0.6 is 11.3 Å². The van der Waals surface area contributed by atoms with Gasteiger partial charge in [-0.15, -0.1) is 11.3 Å². The van der Waals surface area contributed by atoms with Crippen molar-refractivity contribution in [2.45, 2.75) is 56.9 Å². The standard InChI is InChI=1S/C17H18N2O4S.C7H15N/c20-15(10-23-13-4-2-1-3-5-13)19-8-6-12(7-9-19)16-18-14(11-24-16)17(21)22;1-8-7-5-3-2-4-6-7/h1-5,11-12H,6-10H2,(H,21,22);7-8H,2-6H2,1H3. The lowest BCUT2D eigenvalue weighted by Gasteiger charge is -2.31. The SMILES string of the molecule is CNC1CCCCC1.O=C(O)c1csc(C2CCN(C(=O)COc3ccccc3)CC2)n1. The van der Waals surface area contributed by atoms with E-state index in [0.29, 0.717) is 18.8 Å². The van der Waals surface area contributed by atoms with E-state index in [0.717, 1.165) is 23.9 Å². The zero-order valence-corrected chi connectivity index (χ0v) is 19.5. The highest BCUT2D eigenvalue weighted by molar-refractivity contribution is 7.09. The van der Waals surface area contributed by atoms with Gasteiger partial charge in [-0.05, 0) is 44.9 Å². The highest BCUT2D eigenvalue weighted by atomic mass is 32.1. The van der Waals surface area contributed by atoms with E-state index >= 15 is 0 Å². The van der Waals surface area contributed by atoms with Crippen LogP contribution < -0.4 is 10.1 Å². The number of hydrogen-bond donors (Lipinski definition) is 2. The summed E-state index contributed by atoms with van der Waals surface area (Å²) in [6, 6.07) is 10.1. The Morgan fingerprint density at radius 3 is 2.38 bits per heavy atom. The molecule has 0 radical (unpaired) electrons. The van der Waals surface area contributed by atoms with Gasteiger partial charge in [0.25, 0.3) is 5.91 Å². The molecule has 1 aromatic carbocycles. The molecule has 7 nitrogen and oxygen atoms in total. The first-order valence-corrected chi connectivity index (χ1v) is 12.3. The van der Waals surface area contributed by atoms with Crippen LogP contribution in [0.5, 0.6) is 5.75 Å². The molecule has 0 unspecified atom stereocenters. The number of ether oxygens (including phenoxy) is 1. The maximum absolute atomic E-state index is 12.2. The van der Waals surface area contributed by atoms with E-state index in [1.165, 1.54) is 43.4 Å².